The molecule has 0 aliphatic carbocycles. The van der Waals surface area contributed by atoms with Crippen LogP contribution in [0.4, 0.5) is 5.82 Å². The summed E-state index contributed by atoms with van der Waals surface area (Å²) in [4.78, 5) is 4.29. The molecule has 0 aliphatic heterocycles. The molecule has 164 valence electrons. The Labute approximate surface area is 197 Å². The Morgan fingerprint density at radius 3 is 2.53 bits per heavy atom. The van der Waals surface area contributed by atoms with E-state index in [4.69, 9.17) is 5.73 Å². The van der Waals surface area contributed by atoms with Crippen molar-refractivity contribution in [2.24, 2.45) is 10.9 Å². The number of aromatic nitrogens is 2. The first kappa shape index (κ1) is 25.8. The predicted molar refractivity (Wildman–Crippen MR) is 134 cm³/mol. The van der Waals surface area contributed by atoms with Gasteiger partial charge in [-0.15, -0.1) is 24.0 Å². The molecule has 1 unspecified atom stereocenters. The number of para-hydroxylation sites is 1. The number of benzene rings is 1. The summed E-state index contributed by atoms with van der Waals surface area (Å²) in [5.41, 5.74) is 8.19. The molecule has 0 bridgehead atoms. The van der Waals surface area contributed by atoms with Gasteiger partial charge in [0.25, 0.3) is 0 Å². The fraction of sp³-hybridized carbons (Fsp3) is 0.500. The van der Waals surface area contributed by atoms with Crippen molar-refractivity contribution in [1.29, 1.82) is 5.26 Å². The third kappa shape index (κ3) is 7.52. The minimum Gasteiger partial charge on any atom is -0.382 e. The third-order valence-corrected chi connectivity index (χ3v) is 4.77. The molecule has 0 saturated carbocycles. The monoisotopic (exact) mass is 523 g/mol. The molecular weight excluding hydrogens is 489 g/mol. The van der Waals surface area contributed by atoms with Gasteiger partial charge < -0.3 is 16.4 Å². The molecule has 2 aromatic rings. The number of hydrogen-bond acceptors (Lipinski definition) is 4. The van der Waals surface area contributed by atoms with Gasteiger partial charge in [-0.05, 0) is 50.7 Å². The maximum absolute atomic E-state index is 9.50. The highest BCUT2D eigenvalue weighted by molar-refractivity contribution is 14.0. The molecule has 1 aromatic carbocycles. The van der Waals surface area contributed by atoms with Gasteiger partial charge in [-0.1, -0.05) is 32.0 Å². The van der Waals surface area contributed by atoms with Gasteiger partial charge in [0, 0.05) is 19.6 Å². The van der Waals surface area contributed by atoms with Crippen molar-refractivity contribution in [2.45, 2.75) is 52.5 Å². The Morgan fingerprint density at radius 1 is 1.23 bits per heavy atom. The van der Waals surface area contributed by atoms with E-state index in [1.807, 2.05) is 30.3 Å². The lowest BCUT2D eigenvalue weighted by Crippen LogP contribution is -2.42. The summed E-state index contributed by atoms with van der Waals surface area (Å²) in [6.07, 6.45) is 3.79. The number of aliphatic imine (C=N–C) groups is 1. The maximum atomic E-state index is 9.50. The molecular formula is C22H34IN7. The van der Waals surface area contributed by atoms with Crippen LogP contribution in [0.25, 0.3) is 5.69 Å². The molecule has 4 N–H and O–H groups in total. The Balaban J connectivity index is 0.00000450. The number of aryl methyl sites for hydroxylation is 1. The highest BCUT2D eigenvalue weighted by Crippen LogP contribution is 2.21. The number of nitrogens with zero attached hydrogens (tertiary/aromatic N) is 4. The molecule has 1 heterocycles. The molecule has 7 nitrogen and oxygen atoms in total. The number of nitrogen functional groups attached to an aromatic ring is 1. The number of halogens is 1. The van der Waals surface area contributed by atoms with Gasteiger partial charge in [0.05, 0.1) is 11.4 Å². The van der Waals surface area contributed by atoms with Gasteiger partial charge in [0.1, 0.15) is 17.5 Å². The summed E-state index contributed by atoms with van der Waals surface area (Å²) in [7, 11) is 1.78. The van der Waals surface area contributed by atoms with Crippen molar-refractivity contribution in [2.75, 3.05) is 19.3 Å². The second-order valence-corrected chi connectivity index (χ2v) is 7.69. The van der Waals surface area contributed by atoms with Crippen LogP contribution >= 0.6 is 24.0 Å². The van der Waals surface area contributed by atoms with E-state index in [9.17, 15) is 5.26 Å². The lowest BCUT2D eigenvalue weighted by Gasteiger charge is -2.18. The first-order valence-corrected chi connectivity index (χ1v) is 10.3. The summed E-state index contributed by atoms with van der Waals surface area (Å²) in [5.74, 6) is 1.89. The Hall–Kier alpha value is -2.28. The van der Waals surface area contributed by atoms with E-state index in [1.165, 1.54) is 6.42 Å². The predicted octanol–water partition coefficient (Wildman–Crippen LogP) is 3.87. The lowest BCUT2D eigenvalue weighted by atomic mass is 10.0. The molecule has 1 aromatic heterocycles. The van der Waals surface area contributed by atoms with Crippen LogP contribution in [-0.2, 0) is 6.42 Å². The van der Waals surface area contributed by atoms with E-state index in [2.05, 4.69) is 47.6 Å². The number of hydrogen-bond donors (Lipinski definition) is 3. The Bertz CT molecular complexity index is 837. The van der Waals surface area contributed by atoms with E-state index < -0.39 is 0 Å². The van der Waals surface area contributed by atoms with Gasteiger partial charge in [-0.3, -0.25) is 4.99 Å². The van der Waals surface area contributed by atoms with Crippen LogP contribution in [-0.4, -0.2) is 35.4 Å². The van der Waals surface area contributed by atoms with Crippen LogP contribution in [0.1, 0.15) is 51.3 Å². The first-order valence-electron chi connectivity index (χ1n) is 10.3. The average molecular weight is 523 g/mol. The van der Waals surface area contributed by atoms with E-state index in [0.29, 0.717) is 29.8 Å². The molecule has 0 fully saturated rings. The summed E-state index contributed by atoms with van der Waals surface area (Å²) in [5, 5.41) is 20.8. The highest BCUT2D eigenvalue weighted by Gasteiger charge is 2.16. The van der Waals surface area contributed by atoms with Crippen LogP contribution in [0.2, 0.25) is 0 Å². The lowest BCUT2D eigenvalue weighted by molar-refractivity contribution is 0.489. The zero-order chi connectivity index (χ0) is 21.2. The zero-order valence-electron chi connectivity index (χ0n) is 18.4. The van der Waals surface area contributed by atoms with Crippen LogP contribution < -0.4 is 16.4 Å². The number of nitrogens with one attached hydrogen (secondary N) is 2. The van der Waals surface area contributed by atoms with Gasteiger partial charge >= 0.3 is 0 Å². The van der Waals surface area contributed by atoms with E-state index in [-0.39, 0.29) is 24.0 Å². The van der Waals surface area contributed by atoms with E-state index in [0.717, 1.165) is 36.7 Å². The van der Waals surface area contributed by atoms with Crippen molar-refractivity contribution < 1.29 is 0 Å². The van der Waals surface area contributed by atoms with Crippen molar-refractivity contribution >= 4 is 35.8 Å². The maximum Gasteiger partial charge on any atom is 0.191 e. The number of guanidine groups is 1. The molecule has 0 saturated heterocycles. The summed E-state index contributed by atoms with van der Waals surface area (Å²) in [6.45, 7) is 7.38. The quantitative estimate of drug-likeness (QED) is 0.200. The van der Waals surface area contributed by atoms with Gasteiger partial charge in [0.2, 0.25) is 0 Å². The highest BCUT2D eigenvalue weighted by atomic mass is 127. The van der Waals surface area contributed by atoms with Crippen LogP contribution in [0, 0.1) is 17.2 Å². The number of nitrogens with two attached hydrogens (primary N) is 1. The van der Waals surface area contributed by atoms with Crippen molar-refractivity contribution in [3.05, 3.63) is 41.6 Å². The van der Waals surface area contributed by atoms with Crippen LogP contribution in [0.3, 0.4) is 0 Å². The smallest absolute Gasteiger partial charge is 0.191 e. The molecule has 0 spiro atoms. The fourth-order valence-corrected chi connectivity index (χ4v) is 3.09. The molecule has 0 radical (unpaired) electrons. The van der Waals surface area contributed by atoms with Crippen molar-refractivity contribution in [1.82, 2.24) is 20.4 Å². The number of rotatable bonds is 9. The minimum atomic E-state index is 0. The number of anilines is 1. The number of nitriles is 1. The molecule has 1 atom stereocenters. The van der Waals surface area contributed by atoms with E-state index >= 15 is 0 Å². The Morgan fingerprint density at radius 2 is 1.93 bits per heavy atom. The largest absolute Gasteiger partial charge is 0.382 e. The standard InChI is InChI=1S/C22H33N7.HI/c1-16(2)12-13-17(3)27-22(25-4)26-14-8-11-20-19(15-23)21(24)29(28-20)18-9-6-5-7-10-18;/h5-7,9-10,16-17H,8,11-14,24H2,1-4H3,(H2,25,26,27);1H. The molecule has 0 amide bonds. The van der Waals surface area contributed by atoms with Gasteiger partial charge in [0.15, 0.2) is 5.96 Å². The SMILES string of the molecule is CN=C(NCCCc1nn(-c2ccccc2)c(N)c1C#N)NC(C)CCC(C)C.I. The van der Waals surface area contributed by atoms with Crippen LogP contribution in [0.5, 0.6) is 0 Å². The topological polar surface area (TPSA) is 104 Å². The first-order chi connectivity index (χ1) is 14.0. The molecule has 2 rings (SSSR count). The van der Waals surface area contributed by atoms with Crippen molar-refractivity contribution in [3.63, 3.8) is 0 Å². The fourth-order valence-electron chi connectivity index (χ4n) is 3.09. The van der Waals surface area contributed by atoms with Crippen molar-refractivity contribution in [3.8, 4) is 11.8 Å². The minimum absolute atomic E-state index is 0. The summed E-state index contributed by atoms with van der Waals surface area (Å²) in [6, 6.07) is 12.2. The van der Waals surface area contributed by atoms with Gasteiger partial charge in [-0.2, -0.15) is 10.4 Å². The molecule has 8 heteroatoms. The third-order valence-electron chi connectivity index (χ3n) is 4.77. The van der Waals surface area contributed by atoms with Crippen LogP contribution in [0.15, 0.2) is 35.3 Å². The average Bonchev–Trinajstić information content (AvgIpc) is 3.04. The second-order valence-electron chi connectivity index (χ2n) is 7.69. The molecule has 0 aliphatic rings. The molecule has 30 heavy (non-hydrogen) atoms. The summed E-state index contributed by atoms with van der Waals surface area (Å²) >= 11 is 0. The Kier molecular flexibility index (Phi) is 11.3. The summed E-state index contributed by atoms with van der Waals surface area (Å²) < 4.78 is 1.64. The van der Waals surface area contributed by atoms with Gasteiger partial charge in [-0.25, -0.2) is 4.68 Å². The second kappa shape index (κ2) is 13.1. The normalized spacial score (nSPS) is 12.2. The zero-order valence-corrected chi connectivity index (χ0v) is 20.7. The van der Waals surface area contributed by atoms with E-state index in [1.54, 1.807) is 11.7 Å².